The van der Waals surface area contributed by atoms with Crippen molar-refractivity contribution in [3.05, 3.63) is 0 Å². The minimum absolute atomic E-state index is 0.178. The standard InChI is InChI=1S/C13H24N2OS/c1-9(2)12(14)13(16)15-7-8-17-11-6-4-3-5-10(11)15/h9-12H,3-8,14H2,1-2H3/t10?,11?,12-/m0/s1. The lowest BCUT2D eigenvalue weighted by Crippen LogP contribution is -2.57. The van der Waals surface area contributed by atoms with Crippen LogP contribution in [0.4, 0.5) is 0 Å². The molecule has 3 atom stereocenters. The fourth-order valence-corrected chi connectivity index (χ4v) is 4.29. The third-order valence-corrected chi connectivity index (χ3v) is 5.41. The summed E-state index contributed by atoms with van der Waals surface area (Å²) >= 11 is 2.05. The van der Waals surface area contributed by atoms with Crippen LogP contribution in [-0.2, 0) is 4.79 Å². The molecule has 2 N–H and O–H groups in total. The smallest absolute Gasteiger partial charge is 0.240 e. The monoisotopic (exact) mass is 256 g/mol. The van der Waals surface area contributed by atoms with Crippen molar-refractivity contribution >= 4 is 17.7 Å². The topological polar surface area (TPSA) is 46.3 Å². The Balaban J connectivity index is 2.05. The van der Waals surface area contributed by atoms with Gasteiger partial charge < -0.3 is 10.6 Å². The fraction of sp³-hybridized carbons (Fsp3) is 0.923. The summed E-state index contributed by atoms with van der Waals surface area (Å²) in [6.45, 7) is 4.95. The number of amides is 1. The molecule has 1 aliphatic carbocycles. The zero-order valence-electron chi connectivity index (χ0n) is 10.9. The first-order chi connectivity index (χ1) is 8.11. The molecule has 4 heteroatoms. The predicted octanol–water partition coefficient (Wildman–Crippen LogP) is 1.86. The molecule has 0 spiro atoms. The molecule has 98 valence electrons. The fourth-order valence-electron chi connectivity index (χ4n) is 2.85. The summed E-state index contributed by atoms with van der Waals surface area (Å²) in [5, 5.41) is 0.667. The summed E-state index contributed by atoms with van der Waals surface area (Å²) in [7, 11) is 0. The Morgan fingerprint density at radius 3 is 2.76 bits per heavy atom. The van der Waals surface area contributed by atoms with Crippen molar-refractivity contribution in [3.63, 3.8) is 0 Å². The number of carbonyl (C=O) groups is 1. The zero-order valence-corrected chi connectivity index (χ0v) is 11.7. The Kier molecular flexibility index (Phi) is 4.36. The Morgan fingerprint density at radius 1 is 1.35 bits per heavy atom. The number of nitrogens with two attached hydrogens (primary N) is 1. The van der Waals surface area contributed by atoms with Crippen LogP contribution in [0.2, 0.25) is 0 Å². The van der Waals surface area contributed by atoms with Crippen molar-refractivity contribution in [3.8, 4) is 0 Å². The Hall–Kier alpha value is -0.220. The quantitative estimate of drug-likeness (QED) is 0.820. The van der Waals surface area contributed by atoms with Gasteiger partial charge in [0.1, 0.15) is 0 Å². The largest absolute Gasteiger partial charge is 0.336 e. The molecule has 1 saturated carbocycles. The lowest BCUT2D eigenvalue weighted by atomic mass is 9.92. The minimum atomic E-state index is -0.319. The van der Waals surface area contributed by atoms with E-state index < -0.39 is 0 Å². The molecular weight excluding hydrogens is 232 g/mol. The minimum Gasteiger partial charge on any atom is -0.336 e. The van der Waals surface area contributed by atoms with Crippen molar-refractivity contribution < 1.29 is 4.79 Å². The summed E-state index contributed by atoms with van der Waals surface area (Å²) in [6.07, 6.45) is 5.04. The van der Waals surface area contributed by atoms with Crippen molar-refractivity contribution in [2.75, 3.05) is 12.3 Å². The third-order valence-electron chi connectivity index (χ3n) is 4.02. The van der Waals surface area contributed by atoms with Crippen LogP contribution >= 0.6 is 11.8 Å². The van der Waals surface area contributed by atoms with Crippen LogP contribution in [-0.4, -0.2) is 40.4 Å². The van der Waals surface area contributed by atoms with Crippen LogP contribution < -0.4 is 5.73 Å². The SMILES string of the molecule is CC(C)[C@H](N)C(=O)N1CCSC2CCCCC21. The molecule has 1 aliphatic heterocycles. The van der Waals surface area contributed by atoms with Gasteiger partial charge in [0, 0.05) is 23.6 Å². The van der Waals surface area contributed by atoms with E-state index in [4.69, 9.17) is 5.73 Å². The van der Waals surface area contributed by atoms with E-state index in [2.05, 4.69) is 16.7 Å². The van der Waals surface area contributed by atoms with E-state index in [9.17, 15) is 4.79 Å². The van der Waals surface area contributed by atoms with Gasteiger partial charge in [-0.1, -0.05) is 26.7 Å². The van der Waals surface area contributed by atoms with Crippen LogP contribution in [0.25, 0.3) is 0 Å². The van der Waals surface area contributed by atoms with E-state index in [-0.39, 0.29) is 17.9 Å². The van der Waals surface area contributed by atoms with Gasteiger partial charge in [-0.3, -0.25) is 4.79 Å². The van der Waals surface area contributed by atoms with Crippen molar-refractivity contribution in [1.29, 1.82) is 0 Å². The Labute approximate surface area is 108 Å². The molecule has 2 rings (SSSR count). The van der Waals surface area contributed by atoms with Gasteiger partial charge >= 0.3 is 0 Å². The normalized spacial score (nSPS) is 31.2. The molecule has 0 aromatic heterocycles. The highest BCUT2D eigenvalue weighted by Gasteiger charge is 2.38. The molecular formula is C13H24N2OS. The number of nitrogens with zero attached hydrogens (tertiary/aromatic N) is 1. The summed E-state index contributed by atoms with van der Waals surface area (Å²) in [4.78, 5) is 14.5. The van der Waals surface area contributed by atoms with E-state index >= 15 is 0 Å². The van der Waals surface area contributed by atoms with Gasteiger partial charge in [-0.25, -0.2) is 0 Å². The van der Waals surface area contributed by atoms with Gasteiger partial charge in [0.05, 0.1) is 6.04 Å². The van der Waals surface area contributed by atoms with Gasteiger partial charge in [0.25, 0.3) is 0 Å². The molecule has 2 unspecified atom stereocenters. The number of carbonyl (C=O) groups excluding carboxylic acids is 1. The van der Waals surface area contributed by atoms with Crippen LogP contribution in [0.1, 0.15) is 39.5 Å². The van der Waals surface area contributed by atoms with Crippen LogP contribution in [0, 0.1) is 5.92 Å². The third kappa shape index (κ3) is 2.79. The molecule has 3 nitrogen and oxygen atoms in total. The summed E-state index contributed by atoms with van der Waals surface area (Å²) in [6, 6.07) is 0.139. The molecule has 2 fully saturated rings. The number of rotatable bonds is 2. The zero-order chi connectivity index (χ0) is 12.4. The highest BCUT2D eigenvalue weighted by molar-refractivity contribution is 8.00. The maximum atomic E-state index is 12.4. The molecule has 0 aromatic carbocycles. The Bertz CT molecular complexity index is 281. The van der Waals surface area contributed by atoms with Gasteiger partial charge in [-0.15, -0.1) is 0 Å². The molecule has 1 heterocycles. The van der Waals surface area contributed by atoms with Gasteiger partial charge in [0.2, 0.25) is 5.91 Å². The average Bonchev–Trinajstić information content (AvgIpc) is 2.36. The Morgan fingerprint density at radius 2 is 2.06 bits per heavy atom. The van der Waals surface area contributed by atoms with E-state index in [1.165, 1.54) is 25.7 Å². The van der Waals surface area contributed by atoms with Gasteiger partial charge in [-0.2, -0.15) is 11.8 Å². The highest BCUT2D eigenvalue weighted by Crippen LogP contribution is 2.35. The lowest BCUT2D eigenvalue weighted by Gasteiger charge is -2.44. The summed E-state index contributed by atoms with van der Waals surface area (Å²) in [5.41, 5.74) is 6.01. The predicted molar refractivity (Wildman–Crippen MR) is 73.0 cm³/mol. The number of hydrogen-bond acceptors (Lipinski definition) is 3. The number of fused-ring (bicyclic) bond motifs is 1. The molecule has 0 bridgehead atoms. The maximum absolute atomic E-state index is 12.4. The molecule has 1 amide bonds. The lowest BCUT2D eigenvalue weighted by molar-refractivity contribution is -0.136. The molecule has 2 aliphatic rings. The summed E-state index contributed by atoms with van der Waals surface area (Å²) in [5.74, 6) is 1.49. The second kappa shape index (κ2) is 5.61. The number of hydrogen-bond donors (Lipinski definition) is 1. The summed E-state index contributed by atoms with van der Waals surface area (Å²) < 4.78 is 0. The van der Waals surface area contributed by atoms with Gasteiger partial charge in [-0.05, 0) is 18.8 Å². The molecule has 1 saturated heterocycles. The van der Waals surface area contributed by atoms with Crippen molar-refractivity contribution in [2.45, 2.75) is 56.9 Å². The number of thioether (sulfide) groups is 1. The van der Waals surface area contributed by atoms with Crippen molar-refractivity contribution in [1.82, 2.24) is 4.90 Å². The van der Waals surface area contributed by atoms with Crippen LogP contribution in [0.15, 0.2) is 0 Å². The van der Waals surface area contributed by atoms with Gasteiger partial charge in [0.15, 0.2) is 0 Å². The van der Waals surface area contributed by atoms with E-state index in [1.807, 2.05) is 13.8 Å². The second-order valence-electron chi connectivity index (χ2n) is 5.56. The molecule has 17 heavy (non-hydrogen) atoms. The maximum Gasteiger partial charge on any atom is 0.240 e. The second-order valence-corrected chi connectivity index (χ2v) is 6.91. The first-order valence-corrected chi connectivity index (χ1v) is 7.84. The first kappa shape index (κ1) is 13.2. The van der Waals surface area contributed by atoms with E-state index in [0.29, 0.717) is 11.3 Å². The highest BCUT2D eigenvalue weighted by atomic mass is 32.2. The molecule has 0 radical (unpaired) electrons. The van der Waals surface area contributed by atoms with Crippen LogP contribution in [0.5, 0.6) is 0 Å². The van der Waals surface area contributed by atoms with E-state index in [0.717, 1.165) is 12.3 Å². The van der Waals surface area contributed by atoms with Crippen molar-refractivity contribution in [2.24, 2.45) is 11.7 Å². The first-order valence-electron chi connectivity index (χ1n) is 6.79. The van der Waals surface area contributed by atoms with Crippen LogP contribution in [0.3, 0.4) is 0 Å². The molecule has 0 aromatic rings. The average molecular weight is 256 g/mol. The van der Waals surface area contributed by atoms with E-state index in [1.54, 1.807) is 0 Å².